The number of piperidine rings is 1. The number of halogens is 2. The highest BCUT2D eigenvalue weighted by Crippen LogP contribution is 2.29. The number of hydrogen-bond donors (Lipinski definition) is 2. The first-order valence-corrected chi connectivity index (χ1v) is 12.6. The molecule has 1 unspecified atom stereocenters. The van der Waals surface area contributed by atoms with Gasteiger partial charge >= 0.3 is 0 Å². The average Bonchev–Trinajstić information content (AvgIpc) is 3.33. The van der Waals surface area contributed by atoms with Gasteiger partial charge in [-0.25, -0.2) is 13.8 Å². The molecule has 0 saturated carbocycles. The van der Waals surface area contributed by atoms with Gasteiger partial charge in [0.25, 0.3) is 6.43 Å². The van der Waals surface area contributed by atoms with Crippen LogP contribution < -0.4 is 10.2 Å². The lowest BCUT2D eigenvalue weighted by Crippen LogP contribution is -2.50. The Bertz CT molecular complexity index is 1250. The summed E-state index contributed by atoms with van der Waals surface area (Å²) in [6.45, 7) is 4.42. The molecule has 12 heteroatoms. The van der Waals surface area contributed by atoms with Gasteiger partial charge in [0, 0.05) is 25.7 Å². The van der Waals surface area contributed by atoms with Crippen molar-refractivity contribution in [2.75, 3.05) is 49.7 Å². The van der Waals surface area contributed by atoms with Crippen LogP contribution in [0.2, 0.25) is 0 Å². The van der Waals surface area contributed by atoms with Gasteiger partial charge in [-0.1, -0.05) is 12.1 Å². The number of aliphatic hydroxyl groups is 1. The van der Waals surface area contributed by atoms with Crippen LogP contribution in [-0.4, -0.2) is 87.0 Å². The van der Waals surface area contributed by atoms with Crippen LogP contribution in [0.25, 0.3) is 16.9 Å². The SMILES string of the molecule is C[C@H](Nc1nc(N2CCOCC2)cc(-n2c(C(F)F)nc3ccccc32)n1)C(=O)N1CCCCC1CO. The standard InChI is InChI=1S/C25H31F2N7O3/c1-16(24(36)33-9-5-4-6-17(33)15-35)28-25-30-20(32-10-12-37-13-11-32)14-21(31-25)34-19-8-3-2-7-18(19)29-23(34)22(26)27/h2-3,7-8,14,16-17,22,35H,4-6,9-13,15H2,1H3,(H,28,30,31)/t16-,17?/m0/s1. The number of carbonyl (C=O) groups is 1. The maximum absolute atomic E-state index is 14.1. The number of carbonyl (C=O) groups excluding carboxylic acids is 1. The van der Waals surface area contributed by atoms with Gasteiger partial charge in [-0.15, -0.1) is 0 Å². The second kappa shape index (κ2) is 10.9. The first-order chi connectivity index (χ1) is 18.0. The van der Waals surface area contributed by atoms with Gasteiger partial charge in [0.05, 0.1) is 36.9 Å². The zero-order valence-corrected chi connectivity index (χ0v) is 20.7. The molecule has 2 fully saturated rings. The van der Waals surface area contributed by atoms with E-state index >= 15 is 0 Å². The lowest BCUT2D eigenvalue weighted by atomic mass is 10.0. The molecule has 0 radical (unpaired) electrons. The lowest BCUT2D eigenvalue weighted by molar-refractivity contribution is -0.136. The molecule has 3 aromatic rings. The Morgan fingerprint density at radius 2 is 1.89 bits per heavy atom. The maximum atomic E-state index is 14.1. The largest absolute Gasteiger partial charge is 0.394 e. The number of nitrogens with zero attached hydrogens (tertiary/aromatic N) is 6. The summed E-state index contributed by atoms with van der Waals surface area (Å²) < 4.78 is 34.9. The van der Waals surface area contributed by atoms with Crippen LogP contribution in [0.1, 0.15) is 38.4 Å². The van der Waals surface area contributed by atoms with Gasteiger partial charge in [-0.2, -0.15) is 9.97 Å². The van der Waals surface area contributed by atoms with Crippen LogP contribution in [0.15, 0.2) is 30.3 Å². The van der Waals surface area contributed by atoms with Crippen LogP contribution in [0.4, 0.5) is 20.5 Å². The molecule has 0 bridgehead atoms. The van der Waals surface area contributed by atoms with E-state index in [9.17, 15) is 18.7 Å². The van der Waals surface area contributed by atoms with Crippen molar-refractivity contribution in [2.24, 2.45) is 0 Å². The molecule has 2 saturated heterocycles. The molecule has 0 spiro atoms. The van der Waals surface area contributed by atoms with Crippen molar-refractivity contribution in [3.63, 3.8) is 0 Å². The number of ether oxygens (including phenoxy) is 1. The summed E-state index contributed by atoms with van der Waals surface area (Å²) in [6, 6.07) is 7.66. The average molecular weight is 516 g/mol. The first-order valence-electron chi connectivity index (χ1n) is 12.6. The zero-order valence-electron chi connectivity index (χ0n) is 20.7. The third-order valence-corrected chi connectivity index (χ3v) is 6.88. The number of anilines is 2. The number of hydrogen-bond acceptors (Lipinski definition) is 8. The van der Waals surface area contributed by atoms with Crippen LogP contribution in [-0.2, 0) is 9.53 Å². The van der Waals surface area contributed by atoms with E-state index in [1.54, 1.807) is 42.2 Å². The van der Waals surface area contributed by atoms with Crippen LogP contribution in [0.3, 0.4) is 0 Å². The molecule has 4 heterocycles. The van der Waals surface area contributed by atoms with Crippen molar-refractivity contribution >= 4 is 28.7 Å². The maximum Gasteiger partial charge on any atom is 0.296 e. The van der Waals surface area contributed by atoms with Crippen molar-refractivity contribution in [1.82, 2.24) is 24.4 Å². The second-order valence-corrected chi connectivity index (χ2v) is 9.33. The van der Waals surface area contributed by atoms with E-state index in [0.717, 1.165) is 19.3 Å². The molecule has 2 aliphatic heterocycles. The number of nitrogens with one attached hydrogen (secondary N) is 1. The Hall–Kier alpha value is -3.38. The summed E-state index contributed by atoms with van der Waals surface area (Å²) in [5, 5.41) is 12.8. The number of fused-ring (bicyclic) bond motifs is 1. The molecule has 37 heavy (non-hydrogen) atoms. The van der Waals surface area contributed by atoms with Crippen molar-refractivity contribution < 1.29 is 23.4 Å². The number of morpholine rings is 1. The summed E-state index contributed by atoms with van der Waals surface area (Å²) in [7, 11) is 0. The Morgan fingerprint density at radius 1 is 1.14 bits per heavy atom. The molecule has 198 valence electrons. The number of aliphatic hydroxyl groups excluding tert-OH is 1. The summed E-state index contributed by atoms with van der Waals surface area (Å²) in [4.78, 5) is 30.3. The quantitative estimate of drug-likeness (QED) is 0.495. The number of para-hydroxylation sites is 2. The molecule has 1 aromatic carbocycles. The van der Waals surface area contributed by atoms with E-state index in [4.69, 9.17) is 4.74 Å². The fourth-order valence-corrected chi connectivity index (χ4v) is 4.97. The number of rotatable bonds is 7. The molecule has 2 N–H and O–H groups in total. The minimum Gasteiger partial charge on any atom is -0.394 e. The Kier molecular flexibility index (Phi) is 7.47. The van der Waals surface area contributed by atoms with E-state index in [1.807, 2.05) is 4.90 Å². The molecule has 2 aromatic heterocycles. The Morgan fingerprint density at radius 3 is 2.65 bits per heavy atom. The number of benzene rings is 1. The van der Waals surface area contributed by atoms with E-state index < -0.39 is 18.3 Å². The molecule has 0 aliphatic carbocycles. The minimum atomic E-state index is -2.82. The molecular formula is C25H31F2N7O3. The van der Waals surface area contributed by atoms with Gasteiger partial charge in [-0.3, -0.25) is 9.36 Å². The number of amides is 1. The highest BCUT2D eigenvalue weighted by Gasteiger charge is 2.30. The highest BCUT2D eigenvalue weighted by atomic mass is 19.3. The third-order valence-electron chi connectivity index (χ3n) is 6.88. The molecule has 5 rings (SSSR count). The highest BCUT2D eigenvalue weighted by molar-refractivity contribution is 5.84. The fraction of sp³-hybridized carbons (Fsp3) is 0.520. The van der Waals surface area contributed by atoms with E-state index in [1.165, 1.54) is 4.57 Å². The molecule has 2 atom stereocenters. The number of imidazole rings is 1. The van der Waals surface area contributed by atoms with Crippen molar-refractivity contribution in [3.8, 4) is 5.82 Å². The second-order valence-electron chi connectivity index (χ2n) is 9.33. The van der Waals surface area contributed by atoms with Crippen LogP contribution >= 0.6 is 0 Å². The summed E-state index contributed by atoms with van der Waals surface area (Å²) >= 11 is 0. The van der Waals surface area contributed by atoms with Gasteiger partial charge in [0.2, 0.25) is 11.9 Å². The summed E-state index contributed by atoms with van der Waals surface area (Å²) in [5.41, 5.74) is 0.932. The Labute approximate surface area is 213 Å². The third kappa shape index (κ3) is 5.21. The van der Waals surface area contributed by atoms with E-state index in [0.29, 0.717) is 49.7 Å². The normalized spacial score (nSPS) is 19.4. The molecular weight excluding hydrogens is 484 g/mol. The van der Waals surface area contributed by atoms with E-state index in [2.05, 4.69) is 20.3 Å². The molecule has 1 amide bonds. The number of alkyl halides is 2. The fourth-order valence-electron chi connectivity index (χ4n) is 4.97. The number of likely N-dealkylation sites (tertiary alicyclic amines) is 1. The summed E-state index contributed by atoms with van der Waals surface area (Å²) in [6.07, 6.45) is -0.213. The number of aromatic nitrogens is 4. The monoisotopic (exact) mass is 515 g/mol. The Balaban J connectivity index is 1.53. The summed E-state index contributed by atoms with van der Waals surface area (Å²) in [5.74, 6) is 0.341. The topological polar surface area (TPSA) is 109 Å². The van der Waals surface area contributed by atoms with Crippen molar-refractivity contribution in [1.29, 1.82) is 0 Å². The predicted molar refractivity (Wildman–Crippen MR) is 134 cm³/mol. The minimum absolute atomic E-state index is 0.0876. The smallest absolute Gasteiger partial charge is 0.296 e. The van der Waals surface area contributed by atoms with Gasteiger partial charge in [0.1, 0.15) is 17.7 Å². The molecule has 2 aliphatic rings. The van der Waals surface area contributed by atoms with Crippen molar-refractivity contribution in [2.45, 2.75) is 44.7 Å². The van der Waals surface area contributed by atoms with E-state index in [-0.39, 0.29) is 30.3 Å². The van der Waals surface area contributed by atoms with Gasteiger partial charge < -0.3 is 25.0 Å². The predicted octanol–water partition coefficient (Wildman–Crippen LogP) is 2.76. The van der Waals surface area contributed by atoms with Crippen LogP contribution in [0.5, 0.6) is 0 Å². The first kappa shape index (κ1) is 25.3. The van der Waals surface area contributed by atoms with Crippen LogP contribution in [0, 0.1) is 0 Å². The zero-order chi connectivity index (χ0) is 25.9. The van der Waals surface area contributed by atoms with Crippen molar-refractivity contribution in [3.05, 3.63) is 36.2 Å². The van der Waals surface area contributed by atoms with Gasteiger partial charge in [0.15, 0.2) is 5.82 Å². The molecule has 10 nitrogen and oxygen atoms in total. The van der Waals surface area contributed by atoms with Gasteiger partial charge in [-0.05, 0) is 38.3 Å². The lowest BCUT2D eigenvalue weighted by Gasteiger charge is -2.36.